The lowest BCUT2D eigenvalue weighted by Crippen LogP contribution is -2.23. The number of nitro benzene ring substituents is 1. The zero-order valence-corrected chi connectivity index (χ0v) is 8.43. The number of hydrogen-bond donors (Lipinski definition) is 1. The van der Waals surface area contributed by atoms with Crippen LogP contribution in [0.4, 0.5) is 16.2 Å². The van der Waals surface area contributed by atoms with Gasteiger partial charge < -0.3 is 5.11 Å². The van der Waals surface area contributed by atoms with E-state index >= 15 is 0 Å². The Kier molecular flexibility index (Phi) is 3.11. The zero-order valence-electron chi connectivity index (χ0n) is 7.68. The third-order valence-corrected chi connectivity index (χ3v) is 2.09. The number of nitrogens with zero attached hydrogens (tertiary/aromatic N) is 2. The van der Waals surface area contributed by atoms with Crippen LogP contribution < -0.4 is 4.90 Å². The van der Waals surface area contributed by atoms with Gasteiger partial charge >= 0.3 is 6.09 Å². The van der Waals surface area contributed by atoms with Crippen LogP contribution in [0.5, 0.6) is 0 Å². The second-order valence-electron chi connectivity index (χ2n) is 2.73. The Balaban J connectivity index is 3.13. The molecule has 0 fully saturated rings. The van der Waals surface area contributed by atoms with E-state index in [9.17, 15) is 14.9 Å². The molecule has 1 aromatic carbocycles. The van der Waals surface area contributed by atoms with Gasteiger partial charge in [0.05, 0.1) is 15.6 Å². The molecule has 0 radical (unpaired) electrons. The number of rotatable bonds is 2. The summed E-state index contributed by atoms with van der Waals surface area (Å²) in [5.74, 6) is 0. The molecule has 15 heavy (non-hydrogen) atoms. The first-order valence-corrected chi connectivity index (χ1v) is 4.22. The molecule has 0 aliphatic heterocycles. The molecule has 0 saturated carbocycles. The number of carbonyl (C=O) groups is 1. The van der Waals surface area contributed by atoms with Crippen LogP contribution in [0.15, 0.2) is 18.2 Å². The second-order valence-corrected chi connectivity index (χ2v) is 3.14. The number of anilines is 1. The zero-order chi connectivity index (χ0) is 11.6. The number of hydrogen-bond acceptors (Lipinski definition) is 3. The van der Waals surface area contributed by atoms with Gasteiger partial charge in [-0.25, -0.2) is 4.79 Å². The smallest absolute Gasteiger partial charge is 0.411 e. The fraction of sp³-hybridized carbons (Fsp3) is 0.125. The molecule has 1 amide bonds. The first-order chi connectivity index (χ1) is 6.93. The number of benzene rings is 1. The summed E-state index contributed by atoms with van der Waals surface area (Å²) < 4.78 is 0. The van der Waals surface area contributed by atoms with Crippen LogP contribution in [0.25, 0.3) is 0 Å². The largest absolute Gasteiger partial charge is 0.465 e. The van der Waals surface area contributed by atoms with E-state index in [0.29, 0.717) is 0 Å². The van der Waals surface area contributed by atoms with Crippen LogP contribution in [-0.4, -0.2) is 23.2 Å². The van der Waals surface area contributed by atoms with Gasteiger partial charge in [-0.05, 0) is 6.07 Å². The number of halogens is 1. The van der Waals surface area contributed by atoms with Crippen LogP contribution >= 0.6 is 11.6 Å². The third kappa shape index (κ3) is 2.35. The molecular weight excluding hydrogens is 224 g/mol. The second kappa shape index (κ2) is 4.14. The van der Waals surface area contributed by atoms with Crippen molar-refractivity contribution in [2.45, 2.75) is 0 Å². The van der Waals surface area contributed by atoms with Crippen molar-refractivity contribution in [2.24, 2.45) is 0 Å². The van der Waals surface area contributed by atoms with Crippen molar-refractivity contribution in [3.05, 3.63) is 33.3 Å². The minimum Gasteiger partial charge on any atom is -0.465 e. The van der Waals surface area contributed by atoms with Crippen molar-refractivity contribution in [2.75, 3.05) is 11.9 Å². The lowest BCUT2D eigenvalue weighted by molar-refractivity contribution is -0.384. The average Bonchev–Trinajstić information content (AvgIpc) is 2.16. The van der Waals surface area contributed by atoms with Gasteiger partial charge in [-0.3, -0.25) is 15.0 Å². The monoisotopic (exact) mass is 230 g/mol. The Morgan fingerprint density at radius 2 is 2.20 bits per heavy atom. The molecule has 1 N–H and O–H groups in total. The number of non-ortho nitro benzene ring substituents is 1. The fourth-order valence-electron chi connectivity index (χ4n) is 0.984. The first kappa shape index (κ1) is 11.3. The van der Waals surface area contributed by atoms with E-state index < -0.39 is 11.0 Å². The Morgan fingerprint density at radius 1 is 1.60 bits per heavy atom. The van der Waals surface area contributed by atoms with Crippen LogP contribution in [-0.2, 0) is 0 Å². The van der Waals surface area contributed by atoms with E-state index in [1.54, 1.807) is 0 Å². The Morgan fingerprint density at radius 3 is 2.60 bits per heavy atom. The van der Waals surface area contributed by atoms with Crippen molar-refractivity contribution in [3.8, 4) is 0 Å². The minimum absolute atomic E-state index is 0.0223. The molecule has 1 rings (SSSR count). The molecule has 0 saturated heterocycles. The topological polar surface area (TPSA) is 83.7 Å². The third-order valence-electron chi connectivity index (χ3n) is 1.79. The molecule has 0 heterocycles. The van der Waals surface area contributed by atoms with Crippen LogP contribution in [0.1, 0.15) is 0 Å². The number of carboxylic acid groups (broad SMARTS) is 1. The minimum atomic E-state index is -1.19. The Bertz CT molecular complexity index is 421. The van der Waals surface area contributed by atoms with Gasteiger partial charge in [0.25, 0.3) is 5.69 Å². The summed E-state index contributed by atoms with van der Waals surface area (Å²) in [5.41, 5.74) is 0.0253. The standard InChI is InChI=1S/C8H7ClN2O4/c1-10(8(12)13)7-3-2-5(11(14)15)4-6(7)9/h2-4H,1H3,(H,12,13). The predicted molar refractivity (Wildman–Crippen MR) is 54.5 cm³/mol. The summed E-state index contributed by atoms with van der Waals surface area (Å²) in [4.78, 5) is 21.3. The molecule has 0 aromatic heterocycles. The lowest BCUT2D eigenvalue weighted by Gasteiger charge is -2.13. The molecule has 0 spiro atoms. The number of amides is 1. The van der Waals surface area contributed by atoms with E-state index in [4.69, 9.17) is 16.7 Å². The molecule has 6 nitrogen and oxygen atoms in total. The van der Waals surface area contributed by atoms with Gasteiger partial charge in [0, 0.05) is 19.2 Å². The first-order valence-electron chi connectivity index (χ1n) is 3.84. The van der Waals surface area contributed by atoms with E-state index in [2.05, 4.69) is 0 Å². The van der Waals surface area contributed by atoms with E-state index in [0.717, 1.165) is 11.0 Å². The summed E-state index contributed by atoms with van der Waals surface area (Å²) in [6, 6.07) is 3.59. The molecule has 1 aromatic rings. The molecule has 7 heteroatoms. The maximum absolute atomic E-state index is 10.6. The van der Waals surface area contributed by atoms with Gasteiger partial charge in [0.2, 0.25) is 0 Å². The summed E-state index contributed by atoms with van der Waals surface area (Å²) >= 11 is 5.70. The Hall–Kier alpha value is -1.82. The highest BCUT2D eigenvalue weighted by Gasteiger charge is 2.15. The normalized spacial score (nSPS) is 9.73. The molecule has 0 bridgehead atoms. The van der Waals surface area contributed by atoms with Crippen molar-refractivity contribution < 1.29 is 14.8 Å². The maximum Gasteiger partial charge on any atom is 0.411 e. The van der Waals surface area contributed by atoms with Crippen molar-refractivity contribution >= 4 is 29.1 Å². The average molecular weight is 231 g/mol. The fourth-order valence-corrected chi connectivity index (χ4v) is 1.29. The summed E-state index contributed by atoms with van der Waals surface area (Å²) in [7, 11) is 1.30. The van der Waals surface area contributed by atoms with Gasteiger partial charge in [0.1, 0.15) is 0 Å². The molecular formula is C8H7ClN2O4. The van der Waals surface area contributed by atoms with Gasteiger partial charge in [-0.15, -0.1) is 0 Å². The van der Waals surface area contributed by atoms with Crippen LogP contribution in [0, 0.1) is 10.1 Å². The number of nitro groups is 1. The van der Waals surface area contributed by atoms with Crippen LogP contribution in [0.2, 0.25) is 5.02 Å². The van der Waals surface area contributed by atoms with Crippen LogP contribution in [0.3, 0.4) is 0 Å². The molecule has 0 atom stereocenters. The van der Waals surface area contributed by atoms with Gasteiger partial charge in [0.15, 0.2) is 0 Å². The summed E-state index contributed by atoms with van der Waals surface area (Å²) in [5, 5.41) is 19.1. The van der Waals surface area contributed by atoms with E-state index in [1.165, 1.54) is 19.2 Å². The summed E-state index contributed by atoms with van der Waals surface area (Å²) in [6.07, 6.45) is -1.19. The van der Waals surface area contributed by atoms with Gasteiger partial charge in [-0.1, -0.05) is 11.6 Å². The van der Waals surface area contributed by atoms with Gasteiger partial charge in [-0.2, -0.15) is 0 Å². The summed E-state index contributed by atoms with van der Waals surface area (Å²) in [6.45, 7) is 0. The Labute approximate surface area is 89.8 Å². The molecule has 80 valence electrons. The molecule has 0 unspecified atom stereocenters. The quantitative estimate of drug-likeness (QED) is 0.624. The molecule has 0 aliphatic rings. The molecule has 0 aliphatic carbocycles. The van der Waals surface area contributed by atoms with Crippen molar-refractivity contribution in [1.82, 2.24) is 0 Å². The highest BCUT2D eigenvalue weighted by molar-refractivity contribution is 6.33. The maximum atomic E-state index is 10.6. The van der Waals surface area contributed by atoms with E-state index in [-0.39, 0.29) is 16.4 Å². The van der Waals surface area contributed by atoms with Crippen molar-refractivity contribution in [1.29, 1.82) is 0 Å². The SMILES string of the molecule is CN(C(=O)O)c1ccc([N+](=O)[O-])cc1Cl. The van der Waals surface area contributed by atoms with E-state index in [1.807, 2.05) is 0 Å². The lowest BCUT2D eigenvalue weighted by atomic mass is 10.2. The highest BCUT2D eigenvalue weighted by Crippen LogP contribution is 2.28. The highest BCUT2D eigenvalue weighted by atomic mass is 35.5. The predicted octanol–water partition coefficient (Wildman–Crippen LogP) is 2.36. The van der Waals surface area contributed by atoms with Crippen molar-refractivity contribution in [3.63, 3.8) is 0 Å².